The van der Waals surface area contributed by atoms with Crippen molar-refractivity contribution in [2.24, 2.45) is 0 Å². The van der Waals surface area contributed by atoms with Crippen LogP contribution in [0.2, 0.25) is 0 Å². The summed E-state index contributed by atoms with van der Waals surface area (Å²) in [5.41, 5.74) is 0. The van der Waals surface area contributed by atoms with Gasteiger partial charge in [-0.2, -0.15) is 15.0 Å². The van der Waals surface area contributed by atoms with Crippen molar-refractivity contribution < 1.29 is 4.74 Å². The van der Waals surface area contributed by atoms with Gasteiger partial charge in [-0.3, -0.25) is 0 Å². The van der Waals surface area contributed by atoms with Gasteiger partial charge in [-0.05, 0) is 20.8 Å². The lowest BCUT2D eigenvalue weighted by Crippen LogP contribution is -2.36. The summed E-state index contributed by atoms with van der Waals surface area (Å²) < 4.78 is 5.16. The van der Waals surface area contributed by atoms with Crippen LogP contribution >= 0.6 is 0 Å². The van der Waals surface area contributed by atoms with Crippen molar-refractivity contribution in [3.05, 3.63) is 0 Å². The number of ether oxygens (including phenoxy) is 1. The van der Waals surface area contributed by atoms with Crippen molar-refractivity contribution in [3.8, 4) is 0 Å². The van der Waals surface area contributed by atoms with Crippen LogP contribution in [0.25, 0.3) is 0 Å². The predicted molar refractivity (Wildman–Crippen MR) is 82.7 cm³/mol. The number of rotatable bonds is 8. The minimum absolute atomic E-state index is 0.289. The summed E-state index contributed by atoms with van der Waals surface area (Å²) >= 11 is 0. The van der Waals surface area contributed by atoms with Crippen LogP contribution in [-0.2, 0) is 4.74 Å². The first-order valence-electron chi connectivity index (χ1n) is 6.92. The van der Waals surface area contributed by atoms with Gasteiger partial charge in [-0.15, -0.1) is 0 Å². The Balaban J connectivity index is 3.11. The van der Waals surface area contributed by atoms with E-state index in [4.69, 9.17) is 4.74 Å². The minimum Gasteiger partial charge on any atom is -0.383 e. The fourth-order valence-corrected chi connectivity index (χ4v) is 1.70. The standard InChI is InChI=1S/C13H26N6O/c1-7-14-11-15-12(18(4)5)17-13(16-11)19(10(2)3)8-9-20-6/h10H,7-9H2,1-6H3,(H,14,15,16,17). The first-order chi connectivity index (χ1) is 9.49. The molecule has 1 aromatic rings. The summed E-state index contributed by atoms with van der Waals surface area (Å²) in [5, 5.41) is 3.15. The Morgan fingerprint density at radius 1 is 1.15 bits per heavy atom. The maximum absolute atomic E-state index is 5.16. The predicted octanol–water partition coefficient (Wildman–Crippen LogP) is 1.23. The molecule has 1 heterocycles. The summed E-state index contributed by atoms with van der Waals surface area (Å²) in [6.45, 7) is 8.40. The molecule has 1 aromatic heterocycles. The third-order valence-electron chi connectivity index (χ3n) is 2.76. The molecule has 0 aliphatic heterocycles. The Bertz CT molecular complexity index is 410. The van der Waals surface area contributed by atoms with Crippen LogP contribution in [-0.4, -0.2) is 61.9 Å². The monoisotopic (exact) mass is 282 g/mol. The molecule has 0 aliphatic rings. The first kappa shape index (κ1) is 16.4. The van der Waals surface area contributed by atoms with Crippen molar-refractivity contribution in [1.29, 1.82) is 0 Å². The zero-order valence-electron chi connectivity index (χ0n) is 13.3. The molecule has 0 aromatic carbocycles. The molecule has 114 valence electrons. The molecule has 0 spiro atoms. The summed E-state index contributed by atoms with van der Waals surface area (Å²) in [6, 6.07) is 0.289. The topological polar surface area (TPSA) is 66.4 Å². The normalized spacial score (nSPS) is 10.8. The van der Waals surface area contributed by atoms with Crippen LogP contribution < -0.4 is 15.1 Å². The summed E-state index contributed by atoms with van der Waals surface area (Å²) in [7, 11) is 5.54. The van der Waals surface area contributed by atoms with E-state index in [0.717, 1.165) is 13.1 Å². The average molecular weight is 282 g/mol. The molecule has 0 aliphatic carbocycles. The number of aromatic nitrogens is 3. The van der Waals surface area contributed by atoms with Gasteiger partial charge in [0, 0.05) is 40.3 Å². The Kier molecular flexibility index (Phi) is 6.44. The molecular weight excluding hydrogens is 256 g/mol. The van der Waals surface area contributed by atoms with Crippen LogP contribution in [0.4, 0.5) is 17.8 Å². The highest BCUT2D eigenvalue weighted by Gasteiger charge is 2.16. The number of nitrogens with zero attached hydrogens (tertiary/aromatic N) is 5. The third kappa shape index (κ3) is 4.48. The molecule has 0 amide bonds. The lowest BCUT2D eigenvalue weighted by atomic mass is 10.3. The molecule has 7 heteroatoms. The van der Waals surface area contributed by atoms with Crippen molar-refractivity contribution in [2.75, 3.05) is 56.0 Å². The molecule has 20 heavy (non-hydrogen) atoms. The van der Waals surface area contributed by atoms with E-state index in [0.29, 0.717) is 24.5 Å². The second-order valence-electron chi connectivity index (χ2n) is 4.96. The van der Waals surface area contributed by atoms with Gasteiger partial charge in [0.15, 0.2) is 0 Å². The van der Waals surface area contributed by atoms with E-state index < -0.39 is 0 Å². The number of hydrogen-bond acceptors (Lipinski definition) is 7. The second kappa shape index (κ2) is 7.84. The van der Waals surface area contributed by atoms with E-state index in [1.54, 1.807) is 7.11 Å². The van der Waals surface area contributed by atoms with Gasteiger partial charge in [0.25, 0.3) is 0 Å². The van der Waals surface area contributed by atoms with Gasteiger partial charge in [0.05, 0.1) is 6.61 Å². The van der Waals surface area contributed by atoms with E-state index >= 15 is 0 Å². The molecule has 0 radical (unpaired) electrons. The molecule has 0 atom stereocenters. The zero-order chi connectivity index (χ0) is 15.1. The number of anilines is 3. The number of methoxy groups -OCH3 is 1. The van der Waals surface area contributed by atoms with Gasteiger partial charge in [0.1, 0.15) is 0 Å². The first-order valence-corrected chi connectivity index (χ1v) is 6.92. The molecule has 0 unspecified atom stereocenters. The fourth-order valence-electron chi connectivity index (χ4n) is 1.70. The second-order valence-corrected chi connectivity index (χ2v) is 4.96. The summed E-state index contributed by atoms with van der Waals surface area (Å²) in [4.78, 5) is 17.4. The number of hydrogen-bond donors (Lipinski definition) is 1. The SMILES string of the molecule is CCNc1nc(N(C)C)nc(N(CCOC)C(C)C)n1. The molecule has 1 N–H and O–H groups in total. The Hall–Kier alpha value is -1.63. The van der Waals surface area contributed by atoms with Gasteiger partial charge in [0.2, 0.25) is 17.8 Å². The van der Waals surface area contributed by atoms with E-state index in [-0.39, 0.29) is 6.04 Å². The highest BCUT2D eigenvalue weighted by Crippen LogP contribution is 2.17. The van der Waals surface area contributed by atoms with Crippen molar-refractivity contribution in [1.82, 2.24) is 15.0 Å². The molecule has 1 rings (SSSR count). The van der Waals surface area contributed by atoms with Gasteiger partial charge < -0.3 is 19.9 Å². The van der Waals surface area contributed by atoms with Crippen LogP contribution in [0.5, 0.6) is 0 Å². The molecule has 0 saturated carbocycles. The van der Waals surface area contributed by atoms with Crippen molar-refractivity contribution in [3.63, 3.8) is 0 Å². The lowest BCUT2D eigenvalue weighted by molar-refractivity contribution is 0.203. The fraction of sp³-hybridized carbons (Fsp3) is 0.769. The number of nitrogens with one attached hydrogen (secondary N) is 1. The quantitative estimate of drug-likeness (QED) is 0.769. The van der Waals surface area contributed by atoms with E-state index in [2.05, 4.69) is 39.0 Å². The van der Waals surface area contributed by atoms with Crippen LogP contribution in [0.1, 0.15) is 20.8 Å². The summed E-state index contributed by atoms with van der Waals surface area (Å²) in [5.74, 6) is 1.92. The highest BCUT2D eigenvalue weighted by atomic mass is 16.5. The Morgan fingerprint density at radius 3 is 2.30 bits per heavy atom. The van der Waals surface area contributed by atoms with Crippen LogP contribution in [0.3, 0.4) is 0 Å². The van der Waals surface area contributed by atoms with Crippen LogP contribution in [0.15, 0.2) is 0 Å². The Morgan fingerprint density at radius 2 is 1.80 bits per heavy atom. The highest BCUT2D eigenvalue weighted by molar-refractivity contribution is 5.45. The van der Waals surface area contributed by atoms with E-state index in [1.165, 1.54) is 0 Å². The molecule has 0 fully saturated rings. The van der Waals surface area contributed by atoms with Crippen molar-refractivity contribution >= 4 is 17.8 Å². The largest absolute Gasteiger partial charge is 0.383 e. The van der Waals surface area contributed by atoms with E-state index in [9.17, 15) is 0 Å². The van der Waals surface area contributed by atoms with Gasteiger partial charge in [-0.1, -0.05) is 0 Å². The van der Waals surface area contributed by atoms with Crippen molar-refractivity contribution in [2.45, 2.75) is 26.8 Å². The Labute approximate surface area is 121 Å². The molecule has 7 nitrogen and oxygen atoms in total. The smallest absolute Gasteiger partial charge is 0.232 e. The zero-order valence-corrected chi connectivity index (χ0v) is 13.3. The molecular formula is C13H26N6O. The van der Waals surface area contributed by atoms with Gasteiger partial charge in [-0.25, -0.2) is 0 Å². The maximum atomic E-state index is 5.16. The van der Waals surface area contributed by atoms with E-state index in [1.807, 2.05) is 25.9 Å². The molecule has 0 bridgehead atoms. The van der Waals surface area contributed by atoms with Gasteiger partial charge >= 0.3 is 0 Å². The minimum atomic E-state index is 0.289. The average Bonchev–Trinajstić information content (AvgIpc) is 2.39. The maximum Gasteiger partial charge on any atom is 0.232 e. The van der Waals surface area contributed by atoms with Crippen LogP contribution in [0, 0.1) is 0 Å². The lowest BCUT2D eigenvalue weighted by Gasteiger charge is -2.27. The third-order valence-corrected chi connectivity index (χ3v) is 2.76. The summed E-state index contributed by atoms with van der Waals surface area (Å²) in [6.07, 6.45) is 0. The molecule has 0 saturated heterocycles.